The molecule has 1 aromatic heterocycles. The lowest BCUT2D eigenvalue weighted by molar-refractivity contribution is -0.0387. The van der Waals surface area contributed by atoms with Gasteiger partial charge in [0, 0.05) is 24.4 Å². The van der Waals surface area contributed by atoms with Crippen LogP contribution in [0.4, 0.5) is 0 Å². The summed E-state index contributed by atoms with van der Waals surface area (Å²) in [6.07, 6.45) is 1.67. The van der Waals surface area contributed by atoms with Gasteiger partial charge in [-0.15, -0.1) is 0 Å². The van der Waals surface area contributed by atoms with Gasteiger partial charge in [0.15, 0.2) is 0 Å². The van der Waals surface area contributed by atoms with Crippen LogP contribution in [0.5, 0.6) is 5.88 Å². The van der Waals surface area contributed by atoms with Crippen molar-refractivity contribution < 1.29 is 14.3 Å². The highest BCUT2D eigenvalue weighted by atomic mass is 16.5. The largest absolute Gasteiger partial charge is 0.473 e. The van der Waals surface area contributed by atoms with Gasteiger partial charge < -0.3 is 14.4 Å². The maximum Gasteiger partial charge on any atom is 0.254 e. The molecule has 3 rings (SSSR count). The number of nitrogens with zero attached hydrogens (tertiary/aromatic N) is 2. The number of hydrogen-bond acceptors (Lipinski definition) is 4. The third-order valence-electron chi connectivity index (χ3n) is 4.08. The molecule has 0 radical (unpaired) electrons. The number of rotatable bonds is 4. The molecule has 24 heavy (non-hydrogen) atoms. The molecule has 0 spiro atoms. The van der Waals surface area contributed by atoms with Gasteiger partial charge in [0.25, 0.3) is 5.91 Å². The first-order valence-electron chi connectivity index (χ1n) is 8.19. The Morgan fingerprint density at radius 2 is 2.08 bits per heavy atom. The number of morpholine rings is 1. The molecule has 0 bridgehead atoms. The van der Waals surface area contributed by atoms with Gasteiger partial charge in [-0.3, -0.25) is 4.79 Å². The molecule has 5 heteroatoms. The molecule has 2 atom stereocenters. The first-order valence-corrected chi connectivity index (χ1v) is 8.19. The number of carbonyl (C=O) groups is 1. The molecular formula is C19H22N2O3. The second-order valence-corrected chi connectivity index (χ2v) is 6.11. The van der Waals surface area contributed by atoms with Gasteiger partial charge in [-0.25, -0.2) is 4.98 Å². The van der Waals surface area contributed by atoms with Crippen molar-refractivity contribution in [2.75, 3.05) is 13.2 Å². The Balaban J connectivity index is 1.69. The highest BCUT2D eigenvalue weighted by Crippen LogP contribution is 2.18. The molecule has 0 unspecified atom stereocenters. The molecule has 1 aromatic carbocycles. The Labute approximate surface area is 142 Å². The summed E-state index contributed by atoms with van der Waals surface area (Å²) in [6.45, 7) is 5.57. The van der Waals surface area contributed by atoms with Crippen LogP contribution in [0.2, 0.25) is 0 Å². The van der Waals surface area contributed by atoms with Gasteiger partial charge in [0.05, 0.1) is 18.8 Å². The highest BCUT2D eigenvalue weighted by Gasteiger charge is 2.28. The van der Waals surface area contributed by atoms with Crippen LogP contribution >= 0.6 is 0 Å². The van der Waals surface area contributed by atoms with Crippen molar-refractivity contribution >= 4 is 5.91 Å². The predicted molar refractivity (Wildman–Crippen MR) is 90.9 cm³/mol. The molecule has 5 nitrogen and oxygen atoms in total. The molecule has 1 aliphatic heterocycles. The van der Waals surface area contributed by atoms with Crippen molar-refractivity contribution in [2.45, 2.75) is 32.6 Å². The lowest BCUT2D eigenvalue weighted by Crippen LogP contribution is -2.50. The molecule has 2 aromatic rings. The summed E-state index contributed by atoms with van der Waals surface area (Å²) < 4.78 is 11.3. The molecule has 1 saturated heterocycles. The van der Waals surface area contributed by atoms with Crippen LogP contribution in [0, 0.1) is 0 Å². The fourth-order valence-corrected chi connectivity index (χ4v) is 2.70. The van der Waals surface area contributed by atoms with E-state index in [0.717, 1.165) is 5.56 Å². The lowest BCUT2D eigenvalue weighted by atomic mass is 10.1. The Morgan fingerprint density at radius 1 is 1.29 bits per heavy atom. The zero-order chi connectivity index (χ0) is 16.9. The minimum Gasteiger partial charge on any atom is -0.473 e. The minimum atomic E-state index is -0.00962. The molecule has 126 valence electrons. The fourth-order valence-electron chi connectivity index (χ4n) is 2.70. The third-order valence-corrected chi connectivity index (χ3v) is 4.08. The summed E-state index contributed by atoms with van der Waals surface area (Å²) in [5.41, 5.74) is 1.65. The molecule has 1 amide bonds. The van der Waals surface area contributed by atoms with Crippen LogP contribution < -0.4 is 4.74 Å². The number of ether oxygens (including phenoxy) is 2. The average Bonchev–Trinajstić information content (AvgIpc) is 2.62. The molecular weight excluding hydrogens is 304 g/mol. The van der Waals surface area contributed by atoms with E-state index in [1.54, 1.807) is 18.3 Å². The van der Waals surface area contributed by atoms with E-state index >= 15 is 0 Å². The monoisotopic (exact) mass is 326 g/mol. The summed E-state index contributed by atoms with van der Waals surface area (Å²) in [4.78, 5) is 18.8. The first kappa shape index (κ1) is 16.5. The van der Waals surface area contributed by atoms with Crippen LogP contribution in [0.3, 0.4) is 0 Å². The molecule has 0 saturated carbocycles. The summed E-state index contributed by atoms with van der Waals surface area (Å²) in [7, 11) is 0. The smallest absolute Gasteiger partial charge is 0.254 e. The van der Waals surface area contributed by atoms with E-state index in [-0.39, 0.29) is 18.1 Å². The Bertz CT molecular complexity index is 690. The summed E-state index contributed by atoms with van der Waals surface area (Å²) in [5, 5.41) is 0. The van der Waals surface area contributed by atoms with Crippen molar-refractivity contribution in [3.8, 4) is 5.88 Å². The van der Waals surface area contributed by atoms with Gasteiger partial charge >= 0.3 is 0 Å². The number of amides is 1. The second kappa shape index (κ2) is 7.45. The normalized spacial score (nSPS) is 20.7. The van der Waals surface area contributed by atoms with Crippen molar-refractivity contribution in [1.29, 1.82) is 0 Å². The third kappa shape index (κ3) is 3.92. The zero-order valence-electron chi connectivity index (χ0n) is 14.0. The van der Waals surface area contributed by atoms with E-state index in [9.17, 15) is 4.79 Å². The lowest BCUT2D eigenvalue weighted by Gasteiger charge is -2.36. The maximum atomic E-state index is 12.8. The topological polar surface area (TPSA) is 51.7 Å². The van der Waals surface area contributed by atoms with Crippen LogP contribution in [0.25, 0.3) is 0 Å². The molecule has 0 aliphatic carbocycles. The fraction of sp³-hybridized carbons (Fsp3) is 0.368. The van der Waals surface area contributed by atoms with Crippen molar-refractivity contribution in [3.63, 3.8) is 0 Å². The highest BCUT2D eigenvalue weighted by molar-refractivity contribution is 5.94. The minimum absolute atomic E-state index is 0.00962. The number of pyridine rings is 1. The molecule has 0 N–H and O–H groups in total. The van der Waals surface area contributed by atoms with Crippen LogP contribution in [0.1, 0.15) is 29.8 Å². The Morgan fingerprint density at radius 3 is 2.88 bits per heavy atom. The number of aromatic nitrogens is 1. The Kier molecular flexibility index (Phi) is 5.11. The Hall–Kier alpha value is -2.40. The molecule has 1 fully saturated rings. The quantitative estimate of drug-likeness (QED) is 0.867. The predicted octanol–water partition coefficient (Wildman–Crippen LogP) is 2.91. The number of hydrogen-bond donors (Lipinski definition) is 0. The van der Waals surface area contributed by atoms with E-state index in [2.05, 4.69) is 4.98 Å². The second-order valence-electron chi connectivity index (χ2n) is 6.11. The van der Waals surface area contributed by atoms with E-state index in [1.165, 1.54) is 0 Å². The number of carbonyl (C=O) groups excluding carboxylic acids is 1. The SMILES string of the molecule is C[C@H]1CN(C(=O)c2ccnc(OCc3ccccc3)c2)[C@@H](C)CO1. The summed E-state index contributed by atoms with van der Waals surface area (Å²) >= 11 is 0. The standard InChI is InChI=1S/C19H22N2O3/c1-14-12-23-15(2)11-21(14)19(22)17-8-9-20-18(10-17)24-13-16-6-4-3-5-7-16/h3-10,14-15H,11-13H2,1-2H3/t14-,15-/m0/s1. The number of benzene rings is 1. The molecule has 1 aliphatic rings. The average molecular weight is 326 g/mol. The molecule has 2 heterocycles. The summed E-state index contributed by atoms with van der Waals surface area (Å²) in [6, 6.07) is 13.4. The van der Waals surface area contributed by atoms with Crippen LogP contribution in [-0.2, 0) is 11.3 Å². The van der Waals surface area contributed by atoms with Gasteiger partial charge in [0.1, 0.15) is 6.61 Å². The van der Waals surface area contributed by atoms with E-state index in [0.29, 0.717) is 31.2 Å². The van der Waals surface area contributed by atoms with Gasteiger partial charge in [-0.2, -0.15) is 0 Å². The zero-order valence-corrected chi connectivity index (χ0v) is 14.0. The van der Waals surface area contributed by atoms with E-state index < -0.39 is 0 Å². The van der Waals surface area contributed by atoms with Gasteiger partial charge in [-0.05, 0) is 25.5 Å². The van der Waals surface area contributed by atoms with Crippen molar-refractivity contribution in [3.05, 3.63) is 59.8 Å². The van der Waals surface area contributed by atoms with Crippen molar-refractivity contribution in [1.82, 2.24) is 9.88 Å². The van der Waals surface area contributed by atoms with E-state index in [4.69, 9.17) is 9.47 Å². The van der Waals surface area contributed by atoms with Crippen LogP contribution in [-0.4, -0.2) is 41.1 Å². The first-order chi connectivity index (χ1) is 11.6. The van der Waals surface area contributed by atoms with Gasteiger partial charge in [-0.1, -0.05) is 30.3 Å². The summed E-state index contributed by atoms with van der Waals surface area (Å²) in [5.74, 6) is 0.447. The maximum absolute atomic E-state index is 12.8. The van der Waals surface area contributed by atoms with E-state index in [1.807, 2.05) is 49.1 Å². The van der Waals surface area contributed by atoms with Gasteiger partial charge in [0.2, 0.25) is 5.88 Å². The van der Waals surface area contributed by atoms with Crippen LogP contribution in [0.15, 0.2) is 48.7 Å². The van der Waals surface area contributed by atoms with Crippen molar-refractivity contribution in [2.24, 2.45) is 0 Å².